The van der Waals surface area contributed by atoms with Crippen molar-refractivity contribution in [1.29, 1.82) is 0 Å². The Kier molecular flexibility index (Phi) is 7.37. The first-order chi connectivity index (χ1) is 15.2. The number of aliphatic imine (C=N–C) groups is 2. The molecule has 3 unspecified atom stereocenters. The number of unbranched alkanes of at least 4 members (excludes halogenated alkanes) is 2. The number of carbonyl (C=O) groups excluding carboxylic acids is 3. The van der Waals surface area contributed by atoms with Gasteiger partial charge >= 0.3 is 0 Å². The van der Waals surface area contributed by atoms with Crippen LogP contribution in [0.1, 0.15) is 64.2 Å². The number of amides is 3. The van der Waals surface area contributed by atoms with E-state index >= 15 is 0 Å². The molecule has 0 spiro atoms. The van der Waals surface area contributed by atoms with Gasteiger partial charge in [-0.25, -0.2) is 4.57 Å². The third-order valence-corrected chi connectivity index (χ3v) is 5.84. The largest absolute Gasteiger partial charge is 0.315 e. The van der Waals surface area contributed by atoms with E-state index in [4.69, 9.17) is 0 Å². The molecule has 2 aliphatic rings. The van der Waals surface area contributed by atoms with E-state index in [2.05, 4.69) is 27.5 Å². The minimum Gasteiger partial charge on any atom is -0.315 e. The van der Waals surface area contributed by atoms with Gasteiger partial charge in [0.25, 0.3) is 11.8 Å². The van der Waals surface area contributed by atoms with Gasteiger partial charge in [0.15, 0.2) is 24.3 Å². The highest BCUT2D eigenvalue weighted by molar-refractivity contribution is 6.23. The van der Waals surface area contributed by atoms with Crippen molar-refractivity contribution < 1.29 is 19.0 Å². The molecule has 0 fully saturated rings. The van der Waals surface area contributed by atoms with Gasteiger partial charge in [-0.05, 0) is 26.3 Å². The van der Waals surface area contributed by atoms with Crippen LogP contribution in [0.4, 0.5) is 0 Å². The lowest BCUT2D eigenvalue weighted by Gasteiger charge is -2.42. The molecule has 32 heavy (non-hydrogen) atoms. The fraction of sp³-hybridized carbons (Fsp3) is 0.565. The molecule has 3 amide bonds. The number of hydrogen-bond donors (Lipinski definition) is 2. The van der Waals surface area contributed by atoms with Gasteiger partial charge in [-0.15, -0.1) is 0 Å². The van der Waals surface area contributed by atoms with Crippen LogP contribution in [-0.2, 0) is 16.1 Å². The predicted molar refractivity (Wildman–Crippen MR) is 121 cm³/mol. The quantitative estimate of drug-likeness (QED) is 0.515. The van der Waals surface area contributed by atoms with Crippen LogP contribution < -0.4 is 15.2 Å². The summed E-state index contributed by atoms with van der Waals surface area (Å²) < 4.78 is 2.01. The maximum Gasteiger partial charge on any atom is 0.261 e. The zero-order valence-corrected chi connectivity index (χ0v) is 19.5. The van der Waals surface area contributed by atoms with Crippen LogP contribution in [0.5, 0.6) is 0 Å². The number of pyridine rings is 1. The molecule has 2 N–H and O–H groups in total. The normalized spacial score (nSPS) is 22.6. The Hall–Kier alpha value is -3.10. The van der Waals surface area contributed by atoms with Gasteiger partial charge in [-0.3, -0.25) is 30.0 Å². The topological polar surface area (TPSA) is 107 Å². The Morgan fingerprint density at radius 2 is 2.03 bits per heavy atom. The van der Waals surface area contributed by atoms with Crippen LogP contribution >= 0.6 is 0 Å². The summed E-state index contributed by atoms with van der Waals surface area (Å²) in [6, 6.07) is 2.13. The van der Waals surface area contributed by atoms with E-state index in [-0.39, 0.29) is 41.6 Å². The lowest BCUT2D eigenvalue weighted by molar-refractivity contribution is -0.697. The van der Waals surface area contributed by atoms with Crippen molar-refractivity contribution in [3.05, 3.63) is 30.1 Å². The Morgan fingerprint density at radius 3 is 2.72 bits per heavy atom. The average Bonchev–Trinajstić information content (AvgIpc) is 2.75. The SMILES string of the molecule is CCCCC[n+]1cccc(C(=O)N2C3C(=O)NC(NC(=O)C(C)C)=NC3=NC(C)C2C)c1. The fourth-order valence-electron chi connectivity index (χ4n) is 3.74. The monoisotopic (exact) mass is 441 g/mol. The number of aromatic nitrogens is 1. The van der Waals surface area contributed by atoms with Gasteiger partial charge in [-0.2, -0.15) is 4.99 Å². The van der Waals surface area contributed by atoms with E-state index in [1.807, 2.05) is 36.9 Å². The van der Waals surface area contributed by atoms with Crippen molar-refractivity contribution in [2.24, 2.45) is 15.9 Å². The number of aryl methyl sites for hydroxylation is 1. The molecule has 0 saturated carbocycles. The highest BCUT2D eigenvalue weighted by Crippen LogP contribution is 2.24. The minimum absolute atomic E-state index is 0.0475. The molecule has 1 aromatic heterocycles. The molecule has 172 valence electrons. The van der Waals surface area contributed by atoms with E-state index in [9.17, 15) is 14.4 Å². The first kappa shape index (κ1) is 23.6. The smallest absolute Gasteiger partial charge is 0.261 e. The maximum absolute atomic E-state index is 13.5. The van der Waals surface area contributed by atoms with E-state index in [0.29, 0.717) is 5.56 Å². The summed E-state index contributed by atoms with van der Waals surface area (Å²) in [7, 11) is 0. The van der Waals surface area contributed by atoms with E-state index in [1.165, 1.54) is 0 Å². The molecular weight excluding hydrogens is 408 g/mol. The number of fused-ring (bicyclic) bond motifs is 1. The molecule has 3 atom stereocenters. The van der Waals surface area contributed by atoms with Gasteiger partial charge in [0.1, 0.15) is 12.1 Å². The van der Waals surface area contributed by atoms with E-state index in [1.54, 1.807) is 24.8 Å². The van der Waals surface area contributed by atoms with E-state index in [0.717, 1.165) is 25.8 Å². The van der Waals surface area contributed by atoms with Crippen LogP contribution in [0, 0.1) is 5.92 Å². The lowest BCUT2D eigenvalue weighted by Crippen LogP contribution is -2.65. The van der Waals surface area contributed by atoms with Crippen LogP contribution in [0.3, 0.4) is 0 Å². The molecule has 9 nitrogen and oxygen atoms in total. The van der Waals surface area contributed by atoms with Crippen LogP contribution in [0.25, 0.3) is 0 Å². The Bertz CT molecular complexity index is 955. The standard InChI is InChI=1S/C23H32N6O3/c1-6-7-8-11-28-12-9-10-17(13-28)22(32)29-16(5)15(4)24-19-18(29)21(31)27-23(25-19)26-20(30)14(2)3/h9-10,12-16,18H,6-8,11H2,1-5H3,(H-,24,25,26,27,30,31)/p+1. The van der Waals surface area contributed by atoms with Crippen LogP contribution in [0.2, 0.25) is 0 Å². The van der Waals surface area contributed by atoms with Gasteiger partial charge in [-0.1, -0.05) is 27.2 Å². The minimum atomic E-state index is -0.942. The summed E-state index contributed by atoms with van der Waals surface area (Å²) in [5, 5.41) is 5.22. The molecule has 0 aliphatic carbocycles. The van der Waals surface area contributed by atoms with Crippen molar-refractivity contribution in [2.45, 2.75) is 78.6 Å². The van der Waals surface area contributed by atoms with Gasteiger partial charge in [0.2, 0.25) is 11.9 Å². The number of rotatable bonds is 6. The molecule has 3 heterocycles. The van der Waals surface area contributed by atoms with Gasteiger partial charge < -0.3 is 4.90 Å². The summed E-state index contributed by atoms with van der Waals surface area (Å²) in [6.45, 7) is 10.3. The Balaban J connectivity index is 1.88. The summed E-state index contributed by atoms with van der Waals surface area (Å²) in [5.74, 6) is -0.918. The molecule has 0 radical (unpaired) electrons. The Labute approximate surface area is 189 Å². The predicted octanol–water partition coefficient (Wildman–Crippen LogP) is 1.42. The second-order valence-electron chi connectivity index (χ2n) is 8.71. The number of amidine groups is 1. The molecule has 0 bridgehead atoms. The second-order valence-corrected chi connectivity index (χ2v) is 8.71. The maximum atomic E-state index is 13.5. The van der Waals surface area contributed by atoms with Crippen LogP contribution in [-0.4, -0.2) is 52.5 Å². The zero-order valence-electron chi connectivity index (χ0n) is 19.5. The number of carbonyl (C=O) groups is 3. The number of nitrogens with one attached hydrogen (secondary N) is 2. The first-order valence-corrected chi connectivity index (χ1v) is 11.3. The first-order valence-electron chi connectivity index (χ1n) is 11.3. The van der Waals surface area contributed by atoms with Crippen LogP contribution in [0.15, 0.2) is 34.5 Å². The van der Waals surface area contributed by atoms with Crippen molar-refractivity contribution in [3.8, 4) is 0 Å². The molecule has 3 rings (SSSR count). The van der Waals surface area contributed by atoms with E-state index < -0.39 is 11.9 Å². The van der Waals surface area contributed by atoms with Crippen molar-refractivity contribution in [3.63, 3.8) is 0 Å². The van der Waals surface area contributed by atoms with Crippen molar-refractivity contribution in [1.82, 2.24) is 15.5 Å². The number of hydrogen-bond acceptors (Lipinski definition) is 5. The highest BCUT2D eigenvalue weighted by atomic mass is 16.2. The zero-order chi connectivity index (χ0) is 23.4. The van der Waals surface area contributed by atoms with Gasteiger partial charge in [0, 0.05) is 18.4 Å². The average molecular weight is 442 g/mol. The van der Waals surface area contributed by atoms with Crippen molar-refractivity contribution >= 4 is 29.5 Å². The molecule has 0 aromatic carbocycles. The molecular formula is C23H33N6O3+. The fourth-order valence-corrected chi connectivity index (χ4v) is 3.74. The second kappa shape index (κ2) is 10.0. The molecule has 9 heteroatoms. The Morgan fingerprint density at radius 1 is 1.28 bits per heavy atom. The molecule has 0 saturated heterocycles. The van der Waals surface area contributed by atoms with Crippen molar-refractivity contribution in [2.75, 3.05) is 0 Å². The van der Waals surface area contributed by atoms with Gasteiger partial charge in [0.05, 0.1) is 12.1 Å². The third kappa shape index (κ3) is 5.03. The molecule has 2 aliphatic heterocycles. The highest BCUT2D eigenvalue weighted by Gasteiger charge is 2.45. The number of guanidine groups is 1. The third-order valence-electron chi connectivity index (χ3n) is 5.84. The molecule has 1 aromatic rings. The number of nitrogens with zero attached hydrogens (tertiary/aromatic N) is 4. The lowest BCUT2D eigenvalue weighted by atomic mass is 10.00. The summed E-state index contributed by atoms with van der Waals surface area (Å²) in [5.41, 5.74) is 0.514. The summed E-state index contributed by atoms with van der Waals surface area (Å²) >= 11 is 0. The summed E-state index contributed by atoms with van der Waals surface area (Å²) in [6.07, 6.45) is 7.07. The summed E-state index contributed by atoms with van der Waals surface area (Å²) in [4.78, 5) is 49.0.